The van der Waals surface area contributed by atoms with Gasteiger partial charge in [0, 0.05) is 0 Å². The molecular formula is C19H23NO3. The molecule has 0 aliphatic rings. The first-order valence-corrected chi connectivity index (χ1v) is 7.78. The van der Waals surface area contributed by atoms with E-state index in [4.69, 9.17) is 4.74 Å². The number of carbonyl (C=O) groups excluding carboxylic acids is 1. The number of carbonyl (C=O) groups is 1. The summed E-state index contributed by atoms with van der Waals surface area (Å²) in [5.74, 6) is 0.0643. The molecule has 0 aromatic heterocycles. The molecule has 0 radical (unpaired) electrons. The van der Waals surface area contributed by atoms with E-state index >= 15 is 0 Å². The van der Waals surface area contributed by atoms with Crippen LogP contribution in [0.3, 0.4) is 0 Å². The number of hydrogen-bond acceptors (Lipinski definition) is 3. The summed E-state index contributed by atoms with van der Waals surface area (Å²) in [6, 6.07) is 18.4. The van der Waals surface area contributed by atoms with Crippen LogP contribution in [0.4, 0.5) is 4.79 Å². The van der Waals surface area contributed by atoms with Gasteiger partial charge in [-0.15, -0.1) is 0 Å². The lowest BCUT2D eigenvalue weighted by molar-refractivity contribution is 0.0863. The minimum absolute atomic E-state index is 0.0643. The first-order valence-electron chi connectivity index (χ1n) is 7.78. The van der Waals surface area contributed by atoms with E-state index in [9.17, 15) is 9.90 Å². The van der Waals surface area contributed by atoms with Gasteiger partial charge in [0.25, 0.3) is 0 Å². The van der Waals surface area contributed by atoms with Gasteiger partial charge in [-0.2, -0.15) is 0 Å². The van der Waals surface area contributed by atoms with Gasteiger partial charge in [0.15, 0.2) is 0 Å². The van der Waals surface area contributed by atoms with Gasteiger partial charge in [-0.1, -0.05) is 74.5 Å². The normalized spacial score (nSPS) is 13.4. The van der Waals surface area contributed by atoms with Crippen molar-refractivity contribution in [1.82, 2.24) is 5.32 Å². The molecule has 4 nitrogen and oxygen atoms in total. The lowest BCUT2D eigenvalue weighted by atomic mass is 9.93. The standard InChI is InChI=1S/C19H23NO3/c1-14(2)17(18(21)16-11-7-4-8-12-16)20-19(22)23-13-15-9-5-3-6-10-15/h3-12,14,17-18,21H,13H2,1-2H3,(H,20,22). The van der Waals surface area contributed by atoms with E-state index in [-0.39, 0.29) is 12.5 Å². The average Bonchev–Trinajstić information content (AvgIpc) is 2.58. The van der Waals surface area contributed by atoms with E-state index in [1.165, 1.54) is 0 Å². The molecule has 0 spiro atoms. The number of benzene rings is 2. The highest BCUT2D eigenvalue weighted by molar-refractivity contribution is 5.67. The fourth-order valence-corrected chi connectivity index (χ4v) is 2.37. The topological polar surface area (TPSA) is 58.6 Å². The lowest BCUT2D eigenvalue weighted by Gasteiger charge is -2.27. The maximum absolute atomic E-state index is 12.0. The number of amides is 1. The van der Waals surface area contributed by atoms with E-state index in [1.807, 2.05) is 74.5 Å². The number of aliphatic hydroxyl groups is 1. The van der Waals surface area contributed by atoms with Crippen LogP contribution >= 0.6 is 0 Å². The van der Waals surface area contributed by atoms with Crippen molar-refractivity contribution in [3.63, 3.8) is 0 Å². The van der Waals surface area contributed by atoms with E-state index in [1.54, 1.807) is 0 Å². The molecule has 23 heavy (non-hydrogen) atoms. The third kappa shape index (κ3) is 5.11. The van der Waals surface area contributed by atoms with Gasteiger partial charge in [-0.05, 0) is 17.0 Å². The molecule has 0 aliphatic carbocycles. The summed E-state index contributed by atoms with van der Waals surface area (Å²) in [5, 5.41) is 13.3. The molecule has 0 heterocycles. The Labute approximate surface area is 137 Å². The van der Waals surface area contributed by atoms with Gasteiger partial charge in [0.05, 0.1) is 12.1 Å². The Morgan fingerprint density at radius 3 is 2.17 bits per heavy atom. The van der Waals surface area contributed by atoms with Crippen LogP contribution in [0.2, 0.25) is 0 Å². The molecule has 2 rings (SSSR count). The summed E-state index contributed by atoms with van der Waals surface area (Å²) < 4.78 is 5.23. The van der Waals surface area contributed by atoms with Crippen molar-refractivity contribution >= 4 is 6.09 Å². The van der Waals surface area contributed by atoms with Crippen molar-refractivity contribution in [3.05, 3.63) is 71.8 Å². The van der Waals surface area contributed by atoms with E-state index in [0.717, 1.165) is 11.1 Å². The van der Waals surface area contributed by atoms with Crippen molar-refractivity contribution in [2.45, 2.75) is 32.6 Å². The molecule has 2 atom stereocenters. The van der Waals surface area contributed by atoms with Crippen LogP contribution in [0.5, 0.6) is 0 Å². The molecule has 1 amide bonds. The molecule has 4 heteroatoms. The zero-order valence-electron chi connectivity index (χ0n) is 13.5. The Morgan fingerprint density at radius 2 is 1.61 bits per heavy atom. The zero-order valence-corrected chi connectivity index (χ0v) is 13.5. The average molecular weight is 313 g/mol. The number of ether oxygens (including phenoxy) is 1. The van der Waals surface area contributed by atoms with Gasteiger partial charge in [0.1, 0.15) is 6.61 Å². The smallest absolute Gasteiger partial charge is 0.407 e. The summed E-state index contributed by atoms with van der Waals surface area (Å²) in [7, 11) is 0. The zero-order chi connectivity index (χ0) is 16.7. The summed E-state index contributed by atoms with van der Waals surface area (Å²) in [6.07, 6.45) is -1.30. The summed E-state index contributed by atoms with van der Waals surface area (Å²) in [6.45, 7) is 4.11. The van der Waals surface area contributed by atoms with Crippen LogP contribution in [0.1, 0.15) is 31.1 Å². The second kappa shape index (κ2) is 8.34. The number of aliphatic hydroxyl groups excluding tert-OH is 1. The van der Waals surface area contributed by atoms with E-state index in [0.29, 0.717) is 0 Å². The fraction of sp³-hybridized carbons (Fsp3) is 0.316. The monoisotopic (exact) mass is 313 g/mol. The van der Waals surface area contributed by atoms with E-state index < -0.39 is 18.2 Å². The third-order valence-electron chi connectivity index (χ3n) is 3.70. The maximum Gasteiger partial charge on any atom is 0.407 e. The Kier molecular flexibility index (Phi) is 6.18. The van der Waals surface area contributed by atoms with Gasteiger partial charge >= 0.3 is 6.09 Å². The highest BCUT2D eigenvalue weighted by Crippen LogP contribution is 2.21. The van der Waals surface area contributed by atoms with Gasteiger partial charge in [-0.3, -0.25) is 0 Å². The molecule has 0 saturated heterocycles. The summed E-state index contributed by atoms with van der Waals surface area (Å²) in [4.78, 5) is 12.0. The molecule has 2 aromatic carbocycles. The molecule has 2 N–H and O–H groups in total. The van der Waals surface area contributed by atoms with Crippen LogP contribution in [0.15, 0.2) is 60.7 Å². The van der Waals surface area contributed by atoms with E-state index in [2.05, 4.69) is 5.32 Å². The predicted molar refractivity (Wildman–Crippen MR) is 89.8 cm³/mol. The van der Waals surface area contributed by atoms with Crippen molar-refractivity contribution in [2.24, 2.45) is 5.92 Å². The van der Waals surface area contributed by atoms with Gasteiger partial charge in [0.2, 0.25) is 0 Å². The SMILES string of the molecule is CC(C)C(NC(=O)OCc1ccccc1)C(O)c1ccccc1. The largest absolute Gasteiger partial charge is 0.445 e. The minimum atomic E-state index is -0.777. The second-order valence-corrected chi connectivity index (χ2v) is 5.83. The molecule has 0 aliphatic heterocycles. The van der Waals surface area contributed by atoms with Crippen molar-refractivity contribution in [2.75, 3.05) is 0 Å². The van der Waals surface area contributed by atoms with Crippen LogP contribution in [0, 0.1) is 5.92 Å². The molecule has 2 aromatic rings. The van der Waals surface area contributed by atoms with Crippen molar-refractivity contribution in [1.29, 1.82) is 0 Å². The molecule has 0 bridgehead atoms. The molecule has 0 fully saturated rings. The van der Waals surface area contributed by atoms with Crippen LogP contribution < -0.4 is 5.32 Å². The van der Waals surface area contributed by atoms with Crippen LogP contribution in [-0.4, -0.2) is 17.2 Å². The first-order chi connectivity index (χ1) is 11.1. The highest BCUT2D eigenvalue weighted by Gasteiger charge is 2.26. The van der Waals surface area contributed by atoms with Crippen molar-refractivity contribution in [3.8, 4) is 0 Å². The summed E-state index contributed by atoms with van der Waals surface area (Å²) >= 11 is 0. The first kappa shape index (κ1) is 17.0. The second-order valence-electron chi connectivity index (χ2n) is 5.83. The number of nitrogens with one attached hydrogen (secondary N) is 1. The Hall–Kier alpha value is -2.33. The van der Waals surface area contributed by atoms with Crippen LogP contribution in [-0.2, 0) is 11.3 Å². The predicted octanol–water partition coefficient (Wildman–Crippen LogP) is 3.67. The number of alkyl carbamates (subject to hydrolysis) is 1. The Bertz CT molecular complexity index is 599. The summed E-state index contributed by atoms with van der Waals surface area (Å²) in [5.41, 5.74) is 1.70. The molecular weight excluding hydrogens is 290 g/mol. The van der Waals surface area contributed by atoms with Crippen LogP contribution in [0.25, 0.3) is 0 Å². The molecule has 0 saturated carbocycles. The Balaban J connectivity index is 1.95. The molecule has 2 unspecified atom stereocenters. The molecule has 122 valence electrons. The maximum atomic E-state index is 12.0. The number of rotatable bonds is 6. The Morgan fingerprint density at radius 1 is 1.04 bits per heavy atom. The van der Waals surface area contributed by atoms with Gasteiger partial charge in [-0.25, -0.2) is 4.79 Å². The van der Waals surface area contributed by atoms with Crippen molar-refractivity contribution < 1.29 is 14.6 Å². The van der Waals surface area contributed by atoms with Gasteiger partial charge < -0.3 is 15.2 Å². The lowest BCUT2D eigenvalue weighted by Crippen LogP contribution is -2.43. The third-order valence-corrected chi connectivity index (χ3v) is 3.70. The fourth-order valence-electron chi connectivity index (χ4n) is 2.37. The number of hydrogen-bond donors (Lipinski definition) is 2. The quantitative estimate of drug-likeness (QED) is 0.855. The highest BCUT2D eigenvalue weighted by atomic mass is 16.5. The minimum Gasteiger partial charge on any atom is -0.445 e.